The standard InChI is InChI=1S/2C7H7ClO.2C5H5.Zr/c2*8-5-6-2-1-3-7(9)4-6;2*1-2-4-5-3-1;/h2*1-4,9H,5H2;2*1-3H,4H2;/q;;;;+2/p-2. The van der Waals surface area contributed by atoms with Crippen molar-refractivity contribution in [2.75, 3.05) is 0 Å². The molecule has 2 aromatic rings. The first-order valence-corrected chi connectivity index (χ1v) is 15.2. The van der Waals surface area contributed by atoms with Gasteiger partial charge in [0.05, 0.1) is 0 Å². The maximum absolute atomic E-state index is 6.87. The molecule has 0 spiro atoms. The summed E-state index contributed by atoms with van der Waals surface area (Å²) in [4.78, 5) is 0. The second kappa shape index (κ2) is 9.52. The van der Waals surface area contributed by atoms with Gasteiger partial charge in [-0.2, -0.15) is 0 Å². The Morgan fingerprint density at radius 1 is 0.724 bits per heavy atom. The van der Waals surface area contributed by atoms with Crippen molar-refractivity contribution < 1.29 is 26.8 Å². The van der Waals surface area contributed by atoms with Gasteiger partial charge < -0.3 is 0 Å². The van der Waals surface area contributed by atoms with E-state index in [2.05, 4.69) is 36.5 Å². The van der Waals surface area contributed by atoms with Crippen LogP contribution in [0.3, 0.4) is 0 Å². The van der Waals surface area contributed by atoms with Gasteiger partial charge in [0.25, 0.3) is 0 Å². The van der Waals surface area contributed by atoms with Crippen LogP contribution in [0.4, 0.5) is 0 Å². The van der Waals surface area contributed by atoms with Crippen molar-refractivity contribution in [3.8, 4) is 11.5 Å². The molecule has 0 unspecified atom stereocenters. The number of alkyl halides is 2. The zero-order valence-corrected chi connectivity index (χ0v) is 20.0. The maximum atomic E-state index is 6.87. The van der Waals surface area contributed by atoms with E-state index in [4.69, 9.17) is 28.8 Å². The Morgan fingerprint density at radius 2 is 1.21 bits per heavy atom. The van der Waals surface area contributed by atoms with Crippen LogP contribution in [0.15, 0.2) is 91.5 Å². The fourth-order valence-electron chi connectivity index (χ4n) is 3.59. The van der Waals surface area contributed by atoms with Gasteiger partial charge in [0, 0.05) is 0 Å². The number of halogens is 2. The number of rotatable bonds is 8. The molecule has 2 aliphatic rings. The molecule has 0 saturated heterocycles. The van der Waals surface area contributed by atoms with Crippen LogP contribution in [0.25, 0.3) is 0 Å². The third-order valence-corrected chi connectivity index (χ3v) is 14.2. The van der Waals surface area contributed by atoms with Gasteiger partial charge in [-0.3, -0.25) is 0 Å². The molecule has 0 bridgehead atoms. The van der Waals surface area contributed by atoms with E-state index < -0.39 is 21.1 Å². The summed E-state index contributed by atoms with van der Waals surface area (Å²) in [6.07, 6.45) is 14.6. The Bertz CT molecular complexity index is 926. The Labute approximate surface area is 187 Å². The third-order valence-electron chi connectivity index (χ3n) is 5.02. The summed E-state index contributed by atoms with van der Waals surface area (Å²) in [6, 6.07) is 16.0. The van der Waals surface area contributed by atoms with E-state index in [0.29, 0.717) is 11.8 Å². The molecule has 2 nitrogen and oxygen atoms in total. The van der Waals surface area contributed by atoms with Crippen molar-refractivity contribution in [2.24, 2.45) is 0 Å². The monoisotopic (exact) mass is 502 g/mol. The molecule has 0 N–H and O–H groups in total. The molecular weight excluding hydrogens is 482 g/mol. The third kappa shape index (κ3) is 4.63. The van der Waals surface area contributed by atoms with Crippen LogP contribution in [0.1, 0.15) is 24.0 Å². The molecule has 0 aliphatic heterocycles. The predicted molar refractivity (Wildman–Crippen MR) is 117 cm³/mol. The zero-order chi connectivity index (χ0) is 20.1. The zero-order valence-electron chi connectivity index (χ0n) is 16.0. The van der Waals surface area contributed by atoms with Gasteiger partial charge in [0.15, 0.2) is 0 Å². The van der Waals surface area contributed by atoms with Crippen molar-refractivity contribution in [1.82, 2.24) is 0 Å². The molecule has 0 atom stereocenters. The topological polar surface area (TPSA) is 18.5 Å². The predicted octanol–water partition coefficient (Wildman–Crippen LogP) is 7.29. The Hall–Kier alpha value is -1.54. The van der Waals surface area contributed by atoms with Crippen LogP contribution in [0.2, 0.25) is 0 Å². The second-order valence-corrected chi connectivity index (χ2v) is 14.8. The SMILES string of the molecule is ClCc1cccc([O][Zr]([O]c2cccc(CCl)c2)([C]2=CC=CC2)[C]2=CC=CC2)c1. The fourth-order valence-corrected chi connectivity index (χ4v) is 12.0. The van der Waals surface area contributed by atoms with Gasteiger partial charge >= 0.3 is 189 Å². The van der Waals surface area contributed by atoms with Crippen LogP contribution in [0.5, 0.6) is 11.5 Å². The Morgan fingerprint density at radius 3 is 1.59 bits per heavy atom. The van der Waals surface area contributed by atoms with Crippen LogP contribution >= 0.6 is 23.2 Å². The average Bonchev–Trinajstić information content (AvgIpc) is 3.48. The van der Waals surface area contributed by atoms with Crippen LogP contribution in [-0.2, 0) is 32.9 Å². The summed E-state index contributed by atoms with van der Waals surface area (Å²) in [5.41, 5.74) is 2.07. The summed E-state index contributed by atoms with van der Waals surface area (Å²) in [5, 5.41) is 0. The second-order valence-electron chi connectivity index (χ2n) is 7.03. The van der Waals surface area contributed by atoms with Crippen molar-refractivity contribution in [2.45, 2.75) is 24.6 Å². The van der Waals surface area contributed by atoms with Crippen LogP contribution in [0, 0.1) is 0 Å². The number of hydrogen-bond donors (Lipinski definition) is 0. The summed E-state index contributed by atoms with van der Waals surface area (Å²) in [7, 11) is 0. The normalized spacial score (nSPS) is 15.4. The van der Waals surface area contributed by atoms with E-state index in [1.54, 1.807) is 0 Å². The van der Waals surface area contributed by atoms with Crippen molar-refractivity contribution in [3.63, 3.8) is 0 Å². The van der Waals surface area contributed by atoms with Crippen molar-refractivity contribution in [3.05, 3.63) is 103 Å². The molecule has 29 heavy (non-hydrogen) atoms. The minimum atomic E-state index is -3.96. The molecule has 0 aromatic heterocycles. The minimum absolute atomic E-state index is 0.451. The molecule has 0 fully saturated rings. The first-order chi connectivity index (χ1) is 14.2. The van der Waals surface area contributed by atoms with E-state index >= 15 is 0 Å². The summed E-state index contributed by atoms with van der Waals surface area (Å²) in [6.45, 7) is 0. The van der Waals surface area contributed by atoms with Gasteiger partial charge in [-0.1, -0.05) is 0 Å². The Balaban J connectivity index is 1.79. The van der Waals surface area contributed by atoms with Crippen molar-refractivity contribution in [1.29, 1.82) is 0 Å². The van der Waals surface area contributed by atoms with E-state index in [1.165, 1.54) is 6.56 Å². The fraction of sp³-hybridized carbons (Fsp3) is 0.167. The quantitative estimate of drug-likeness (QED) is 0.352. The average molecular weight is 505 g/mol. The van der Waals surface area contributed by atoms with E-state index in [9.17, 15) is 0 Å². The summed E-state index contributed by atoms with van der Waals surface area (Å²) < 4.78 is 16.3. The number of hydrogen-bond acceptors (Lipinski definition) is 2. The van der Waals surface area contributed by atoms with Gasteiger partial charge in [-0.15, -0.1) is 0 Å². The molecule has 0 heterocycles. The molecule has 148 valence electrons. The van der Waals surface area contributed by atoms with Gasteiger partial charge in [-0.05, 0) is 0 Å². The molecule has 5 heteroatoms. The van der Waals surface area contributed by atoms with Gasteiger partial charge in [0.2, 0.25) is 0 Å². The molecule has 0 amide bonds. The van der Waals surface area contributed by atoms with Gasteiger partial charge in [-0.25, -0.2) is 0 Å². The van der Waals surface area contributed by atoms with Crippen molar-refractivity contribution >= 4 is 23.2 Å². The van der Waals surface area contributed by atoms with Crippen LogP contribution in [-0.4, -0.2) is 0 Å². The van der Waals surface area contributed by atoms with Gasteiger partial charge in [0.1, 0.15) is 0 Å². The number of benzene rings is 2. The molecular formula is C24H22Cl2O2Zr. The molecule has 0 saturated carbocycles. The first kappa shape index (κ1) is 20.7. The number of allylic oxidation sites excluding steroid dienone is 8. The Kier molecular flexibility index (Phi) is 6.80. The van der Waals surface area contributed by atoms with E-state index in [0.717, 1.165) is 35.5 Å². The van der Waals surface area contributed by atoms with E-state index in [1.807, 2.05) is 48.5 Å². The summed E-state index contributed by atoms with van der Waals surface area (Å²) >= 11 is 8.16. The molecule has 4 rings (SSSR count). The molecule has 2 aliphatic carbocycles. The first-order valence-electron chi connectivity index (χ1n) is 9.64. The molecule has 0 radical (unpaired) electrons. The van der Waals surface area contributed by atoms with E-state index in [-0.39, 0.29) is 0 Å². The van der Waals surface area contributed by atoms with Crippen LogP contribution < -0.4 is 5.63 Å². The molecule has 2 aromatic carbocycles. The summed E-state index contributed by atoms with van der Waals surface area (Å²) in [5.74, 6) is 2.53.